The Labute approximate surface area is 84.2 Å². The van der Waals surface area contributed by atoms with Gasteiger partial charge in [0.25, 0.3) is 0 Å². The fraction of sp³-hybridized carbons (Fsp3) is 0.857. The van der Waals surface area contributed by atoms with Gasteiger partial charge in [0, 0.05) is 0 Å². The summed E-state index contributed by atoms with van der Waals surface area (Å²) in [4.78, 5) is 0. The molecule has 7 heteroatoms. The predicted octanol–water partition coefficient (Wildman–Crippen LogP) is -0.303. The van der Waals surface area contributed by atoms with E-state index in [0.717, 1.165) is 0 Å². The second-order valence-electron chi connectivity index (χ2n) is 3.27. The van der Waals surface area contributed by atoms with Crippen molar-refractivity contribution in [3.05, 3.63) is 0 Å². The maximum atomic E-state index is 11.2. The smallest absolute Gasteiger partial charge is 0.211 e. The molecular weight excluding hydrogens is 206 g/mol. The van der Waals surface area contributed by atoms with Crippen LogP contribution in [0.2, 0.25) is 0 Å². The Morgan fingerprint density at radius 2 is 2.07 bits per heavy atom. The van der Waals surface area contributed by atoms with Crippen molar-refractivity contribution < 1.29 is 13.6 Å². The van der Waals surface area contributed by atoms with Crippen molar-refractivity contribution in [2.75, 3.05) is 5.75 Å². The average molecular weight is 223 g/mol. The van der Waals surface area contributed by atoms with E-state index in [2.05, 4.69) is 9.88 Å². The van der Waals surface area contributed by atoms with E-state index in [1.807, 2.05) is 0 Å². The number of nitrogens with one attached hydrogen (secondary N) is 1. The summed E-state index contributed by atoms with van der Waals surface area (Å²) in [6, 6.07) is -0.662. The average Bonchev–Trinajstić information content (AvgIpc) is 2.13. The van der Waals surface area contributed by atoms with Crippen molar-refractivity contribution in [2.45, 2.75) is 26.8 Å². The first-order chi connectivity index (χ1) is 6.34. The molecule has 0 rings (SSSR count). The first-order valence-corrected chi connectivity index (χ1v) is 5.96. The van der Waals surface area contributed by atoms with Gasteiger partial charge in [0.15, 0.2) is 5.84 Å². The molecule has 1 atom stereocenters. The summed E-state index contributed by atoms with van der Waals surface area (Å²) in [7, 11) is -3.34. The highest BCUT2D eigenvalue weighted by molar-refractivity contribution is 7.89. The van der Waals surface area contributed by atoms with Gasteiger partial charge < -0.3 is 10.9 Å². The molecule has 0 bridgehead atoms. The van der Waals surface area contributed by atoms with Crippen LogP contribution in [0.4, 0.5) is 0 Å². The second-order valence-corrected chi connectivity index (χ2v) is 5.31. The second kappa shape index (κ2) is 5.16. The number of hydrogen-bond donors (Lipinski definition) is 3. The van der Waals surface area contributed by atoms with E-state index < -0.39 is 16.1 Å². The Morgan fingerprint density at radius 3 is 2.36 bits per heavy atom. The zero-order valence-corrected chi connectivity index (χ0v) is 9.37. The lowest BCUT2D eigenvalue weighted by Gasteiger charge is -2.20. The van der Waals surface area contributed by atoms with Crippen LogP contribution in [0.15, 0.2) is 5.16 Å². The van der Waals surface area contributed by atoms with Crippen LogP contribution in [0.1, 0.15) is 20.8 Å². The third-order valence-electron chi connectivity index (χ3n) is 1.79. The number of hydrogen-bond acceptors (Lipinski definition) is 4. The number of amidine groups is 1. The molecule has 0 fully saturated rings. The van der Waals surface area contributed by atoms with Crippen molar-refractivity contribution >= 4 is 15.9 Å². The number of nitrogens with two attached hydrogens (primary N) is 1. The Kier molecular flexibility index (Phi) is 4.86. The molecule has 0 aromatic carbocycles. The fourth-order valence-corrected chi connectivity index (χ4v) is 1.82. The van der Waals surface area contributed by atoms with Gasteiger partial charge in [-0.2, -0.15) is 0 Å². The van der Waals surface area contributed by atoms with Gasteiger partial charge >= 0.3 is 0 Å². The lowest BCUT2D eigenvalue weighted by Crippen LogP contribution is -2.48. The molecule has 0 saturated carbocycles. The number of sulfonamides is 1. The molecule has 0 aliphatic heterocycles. The molecule has 0 aromatic heterocycles. The van der Waals surface area contributed by atoms with Crippen molar-refractivity contribution in [1.29, 1.82) is 0 Å². The van der Waals surface area contributed by atoms with Crippen molar-refractivity contribution in [2.24, 2.45) is 16.8 Å². The molecule has 4 N–H and O–H groups in total. The van der Waals surface area contributed by atoms with E-state index in [-0.39, 0.29) is 17.5 Å². The topological polar surface area (TPSA) is 105 Å². The van der Waals surface area contributed by atoms with Crippen LogP contribution in [0.5, 0.6) is 0 Å². The van der Waals surface area contributed by atoms with E-state index in [9.17, 15) is 8.42 Å². The molecule has 6 nitrogen and oxygen atoms in total. The van der Waals surface area contributed by atoms with Crippen LogP contribution in [0, 0.1) is 5.92 Å². The minimum atomic E-state index is -3.34. The number of oxime groups is 1. The standard InChI is InChI=1S/C7H17N3O3S/c1-4-14(12,13)10-6(5(2)3)7(8)9-11/h5-6,10-11H,4H2,1-3H3,(H2,8,9). The third kappa shape index (κ3) is 3.93. The summed E-state index contributed by atoms with van der Waals surface area (Å²) in [5.74, 6) is -0.237. The van der Waals surface area contributed by atoms with Gasteiger partial charge in [-0.15, -0.1) is 0 Å². The van der Waals surface area contributed by atoms with E-state index in [1.165, 1.54) is 6.92 Å². The van der Waals surface area contributed by atoms with Gasteiger partial charge in [-0.1, -0.05) is 19.0 Å². The van der Waals surface area contributed by atoms with E-state index in [0.29, 0.717) is 0 Å². The van der Waals surface area contributed by atoms with Gasteiger partial charge in [0.2, 0.25) is 10.0 Å². The normalized spacial score (nSPS) is 15.9. The molecule has 0 aliphatic rings. The highest BCUT2D eigenvalue weighted by Gasteiger charge is 2.23. The molecular formula is C7H17N3O3S. The highest BCUT2D eigenvalue weighted by atomic mass is 32.2. The van der Waals surface area contributed by atoms with Gasteiger partial charge in [0.1, 0.15) is 0 Å². The Hall–Kier alpha value is -0.820. The molecule has 0 saturated heterocycles. The Balaban J connectivity index is 4.72. The summed E-state index contributed by atoms with van der Waals surface area (Å²) >= 11 is 0. The maximum absolute atomic E-state index is 11.2. The quantitative estimate of drug-likeness (QED) is 0.257. The van der Waals surface area contributed by atoms with Gasteiger partial charge in [-0.3, -0.25) is 0 Å². The minimum Gasteiger partial charge on any atom is -0.409 e. The fourth-order valence-electron chi connectivity index (χ4n) is 0.877. The summed E-state index contributed by atoms with van der Waals surface area (Å²) in [6.45, 7) is 5.08. The zero-order valence-electron chi connectivity index (χ0n) is 8.56. The molecule has 0 aromatic rings. The number of nitrogens with zero attached hydrogens (tertiary/aromatic N) is 1. The van der Waals surface area contributed by atoms with E-state index in [4.69, 9.17) is 10.9 Å². The Morgan fingerprint density at radius 1 is 1.57 bits per heavy atom. The molecule has 0 aliphatic carbocycles. The Bertz CT molecular complexity index is 297. The summed E-state index contributed by atoms with van der Waals surface area (Å²) in [5.41, 5.74) is 5.35. The van der Waals surface area contributed by atoms with Crippen molar-refractivity contribution in [1.82, 2.24) is 4.72 Å². The minimum absolute atomic E-state index is 0.0328. The maximum Gasteiger partial charge on any atom is 0.211 e. The van der Waals surface area contributed by atoms with Gasteiger partial charge in [0.05, 0.1) is 11.8 Å². The van der Waals surface area contributed by atoms with Crippen LogP contribution >= 0.6 is 0 Å². The van der Waals surface area contributed by atoms with Crippen LogP contribution in [-0.4, -0.2) is 31.3 Å². The first kappa shape index (κ1) is 13.2. The molecule has 0 heterocycles. The van der Waals surface area contributed by atoms with Crippen molar-refractivity contribution in [3.63, 3.8) is 0 Å². The van der Waals surface area contributed by atoms with E-state index >= 15 is 0 Å². The van der Waals surface area contributed by atoms with E-state index in [1.54, 1.807) is 13.8 Å². The highest BCUT2D eigenvalue weighted by Crippen LogP contribution is 2.03. The van der Waals surface area contributed by atoms with Crippen LogP contribution < -0.4 is 10.5 Å². The van der Waals surface area contributed by atoms with Gasteiger partial charge in [-0.05, 0) is 12.8 Å². The molecule has 0 radical (unpaired) electrons. The lowest BCUT2D eigenvalue weighted by molar-refractivity contribution is 0.313. The van der Waals surface area contributed by atoms with Crippen LogP contribution in [0.25, 0.3) is 0 Å². The molecule has 0 spiro atoms. The van der Waals surface area contributed by atoms with Crippen LogP contribution in [-0.2, 0) is 10.0 Å². The first-order valence-electron chi connectivity index (χ1n) is 4.31. The molecule has 0 amide bonds. The molecule has 84 valence electrons. The van der Waals surface area contributed by atoms with Crippen molar-refractivity contribution in [3.8, 4) is 0 Å². The summed E-state index contributed by atoms with van der Waals surface area (Å²) in [6.07, 6.45) is 0. The zero-order chi connectivity index (χ0) is 11.4. The van der Waals surface area contributed by atoms with Crippen LogP contribution in [0.3, 0.4) is 0 Å². The molecule has 1 unspecified atom stereocenters. The monoisotopic (exact) mass is 223 g/mol. The largest absolute Gasteiger partial charge is 0.409 e. The SMILES string of the molecule is CCS(=O)(=O)NC(C(N)=NO)C(C)C. The third-order valence-corrected chi connectivity index (χ3v) is 3.16. The summed E-state index contributed by atoms with van der Waals surface area (Å²) in [5, 5.41) is 11.2. The van der Waals surface area contributed by atoms with Gasteiger partial charge in [-0.25, -0.2) is 13.1 Å². The molecule has 14 heavy (non-hydrogen) atoms. The lowest BCUT2D eigenvalue weighted by atomic mass is 10.1. The summed E-state index contributed by atoms with van der Waals surface area (Å²) < 4.78 is 24.8. The number of rotatable bonds is 5. The predicted molar refractivity (Wildman–Crippen MR) is 54.6 cm³/mol.